The summed E-state index contributed by atoms with van der Waals surface area (Å²) in [6.07, 6.45) is 4.77. The third-order valence-corrected chi connectivity index (χ3v) is 5.12. The summed E-state index contributed by atoms with van der Waals surface area (Å²) in [4.78, 5) is 35.9. The fourth-order valence-electron chi connectivity index (χ4n) is 2.21. The molecule has 1 aliphatic rings. The number of rotatable bonds is 4. The lowest BCUT2D eigenvalue weighted by Crippen LogP contribution is -2.28. The lowest BCUT2D eigenvalue weighted by atomic mass is 10.3. The monoisotopic (exact) mass is 385 g/mol. The summed E-state index contributed by atoms with van der Waals surface area (Å²) >= 11 is 2.69. The minimum atomic E-state index is -0.585. The molecule has 0 bridgehead atoms. The Kier molecular flexibility index (Phi) is 5.75. The van der Waals surface area contributed by atoms with Crippen LogP contribution in [-0.2, 0) is 14.3 Å². The van der Waals surface area contributed by atoms with E-state index in [1.807, 2.05) is 36.6 Å². The van der Waals surface area contributed by atoms with Crippen molar-refractivity contribution in [3.8, 4) is 0 Å². The molecule has 0 unspecified atom stereocenters. The lowest BCUT2D eigenvalue weighted by molar-refractivity contribution is -0.135. The Bertz CT molecular complexity index is 898. The molecule has 26 heavy (non-hydrogen) atoms. The van der Waals surface area contributed by atoms with Gasteiger partial charge in [-0.25, -0.2) is 14.8 Å². The van der Waals surface area contributed by atoms with Crippen molar-refractivity contribution in [3.05, 3.63) is 59.6 Å². The molecular formula is C18H15N3O3S2. The zero-order chi connectivity index (χ0) is 18.5. The number of esters is 1. The fourth-order valence-corrected chi connectivity index (χ4v) is 3.61. The Morgan fingerprint density at radius 1 is 1.31 bits per heavy atom. The average molecular weight is 385 g/mol. The first-order valence-electron chi connectivity index (χ1n) is 7.58. The topological polar surface area (TPSA) is 71.9 Å². The van der Waals surface area contributed by atoms with E-state index in [4.69, 9.17) is 0 Å². The van der Waals surface area contributed by atoms with E-state index in [2.05, 4.69) is 14.7 Å². The van der Waals surface area contributed by atoms with Gasteiger partial charge in [0, 0.05) is 17.2 Å². The van der Waals surface area contributed by atoms with Crippen LogP contribution < -0.4 is 4.90 Å². The maximum Gasteiger partial charge on any atom is 0.331 e. The molecule has 1 aliphatic heterocycles. The van der Waals surface area contributed by atoms with Crippen LogP contribution in [0.4, 0.5) is 11.5 Å². The van der Waals surface area contributed by atoms with Crippen LogP contribution in [0.1, 0.15) is 0 Å². The average Bonchev–Trinajstić information content (AvgIpc) is 2.97. The van der Waals surface area contributed by atoms with Crippen molar-refractivity contribution >= 4 is 52.1 Å². The highest BCUT2D eigenvalue weighted by atomic mass is 32.2. The second-order valence-electron chi connectivity index (χ2n) is 5.06. The summed E-state index contributed by atoms with van der Waals surface area (Å²) in [5.74, 6) is -0.431. The van der Waals surface area contributed by atoms with Crippen LogP contribution in [0.2, 0.25) is 0 Å². The molecule has 1 amide bonds. The molecule has 0 aliphatic carbocycles. The number of ether oxygens (including phenoxy) is 1. The van der Waals surface area contributed by atoms with Gasteiger partial charge in [-0.05, 0) is 48.3 Å². The Morgan fingerprint density at radius 2 is 2.15 bits per heavy atom. The third kappa shape index (κ3) is 3.97. The first kappa shape index (κ1) is 18.2. The molecule has 6 nitrogen and oxygen atoms in total. The smallest absolute Gasteiger partial charge is 0.331 e. The molecule has 132 valence electrons. The summed E-state index contributed by atoms with van der Waals surface area (Å²) in [6.45, 7) is 0. The maximum absolute atomic E-state index is 12.9. The number of carbonyl (C=O) groups excluding carboxylic acids is 2. The van der Waals surface area contributed by atoms with Crippen LogP contribution in [0.25, 0.3) is 0 Å². The molecule has 2 heterocycles. The SMILES string of the molecule is COC(=O)/C=C1\S/C(=N\c2ccccn2)N(c2cccc(SC)c2)C1=O. The molecule has 1 fully saturated rings. The molecular weight excluding hydrogens is 370 g/mol. The number of hydrogen-bond donors (Lipinski definition) is 0. The first-order chi connectivity index (χ1) is 12.6. The number of pyridine rings is 1. The van der Waals surface area contributed by atoms with Gasteiger partial charge < -0.3 is 4.74 Å². The predicted molar refractivity (Wildman–Crippen MR) is 105 cm³/mol. The Balaban J connectivity index is 2.06. The number of aliphatic imine (C=N–C) groups is 1. The second-order valence-corrected chi connectivity index (χ2v) is 6.95. The van der Waals surface area contributed by atoms with Gasteiger partial charge in [-0.1, -0.05) is 12.1 Å². The van der Waals surface area contributed by atoms with E-state index >= 15 is 0 Å². The highest BCUT2D eigenvalue weighted by Crippen LogP contribution is 2.36. The molecule has 0 radical (unpaired) electrons. The molecule has 0 spiro atoms. The summed E-state index contributed by atoms with van der Waals surface area (Å²) in [5, 5.41) is 0.433. The van der Waals surface area contributed by atoms with Crippen LogP contribution in [0.15, 0.2) is 69.5 Å². The van der Waals surface area contributed by atoms with Crippen molar-refractivity contribution in [1.29, 1.82) is 0 Å². The number of aromatic nitrogens is 1. The summed E-state index contributed by atoms with van der Waals surface area (Å²) < 4.78 is 4.64. The molecule has 0 saturated carbocycles. The minimum Gasteiger partial charge on any atom is -0.466 e. The zero-order valence-corrected chi connectivity index (χ0v) is 15.7. The van der Waals surface area contributed by atoms with Gasteiger partial charge in [-0.2, -0.15) is 0 Å². The standard InChI is InChI=1S/C18H15N3O3S2/c1-24-16(22)11-14-17(23)21(12-6-5-7-13(10-12)25-2)18(26-14)20-15-8-3-4-9-19-15/h3-11H,1-2H3/b14-11-,20-18-. The highest BCUT2D eigenvalue weighted by molar-refractivity contribution is 8.19. The third-order valence-electron chi connectivity index (χ3n) is 3.43. The number of anilines is 1. The zero-order valence-electron chi connectivity index (χ0n) is 14.1. The van der Waals surface area contributed by atoms with Gasteiger partial charge in [0.25, 0.3) is 5.91 Å². The van der Waals surface area contributed by atoms with Gasteiger partial charge in [0.1, 0.15) is 0 Å². The van der Waals surface area contributed by atoms with Crippen molar-refractivity contribution in [1.82, 2.24) is 4.98 Å². The van der Waals surface area contributed by atoms with Gasteiger partial charge in [0.05, 0.1) is 17.7 Å². The maximum atomic E-state index is 12.9. The first-order valence-corrected chi connectivity index (χ1v) is 9.62. The van der Waals surface area contributed by atoms with Gasteiger partial charge in [0.2, 0.25) is 0 Å². The predicted octanol–water partition coefficient (Wildman–Crippen LogP) is 3.63. The molecule has 2 aromatic rings. The van der Waals surface area contributed by atoms with Crippen LogP contribution >= 0.6 is 23.5 Å². The summed E-state index contributed by atoms with van der Waals surface area (Å²) in [7, 11) is 1.27. The van der Waals surface area contributed by atoms with Gasteiger partial charge in [-0.15, -0.1) is 11.8 Å². The van der Waals surface area contributed by atoms with E-state index in [0.29, 0.717) is 16.7 Å². The van der Waals surface area contributed by atoms with Crippen molar-refractivity contribution in [2.75, 3.05) is 18.3 Å². The number of thioether (sulfide) groups is 2. The fraction of sp³-hybridized carbons (Fsp3) is 0.111. The number of methoxy groups -OCH3 is 1. The quantitative estimate of drug-likeness (QED) is 0.455. The Morgan fingerprint density at radius 3 is 2.85 bits per heavy atom. The summed E-state index contributed by atoms with van der Waals surface area (Å²) in [5.41, 5.74) is 0.678. The van der Waals surface area contributed by atoms with E-state index < -0.39 is 5.97 Å². The Hall–Kier alpha value is -2.58. The van der Waals surface area contributed by atoms with E-state index in [0.717, 1.165) is 16.7 Å². The molecule has 1 aromatic carbocycles. The van der Waals surface area contributed by atoms with Crippen LogP contribution in [-0.4, -0.2) is 35.4 Å². The number of benzene rings is 1. The molecule has 8 heteroatoms. The minimum absolute atomic E-state index is 0.251. The lowest BCUT2D eigenvalue weighted by Gasteiger charge is -2.16. The van der Waals surface area contributed by atoms with Crippen molar-refractivity contribution in [2.45, 2.75) is 4.90 Å². The van der Waals surface area contributed by atoms with Gasteiger partial charge in [-0.3, -0.25) is 9.69 Å². The molecule has 3 rings (SSSR count). The molecule has 0 N–H and O–H groups in total. The number of nitrogens with zero attached hydrogens (tertiary/aromatic N) is 3. The number of amidine groups is 1. The molecule has 1 aromatic heterocycles. The van der Waals surface area contributed by atoms with Crippen molar-refractivity contribution < 1.29 is 14.3 Å². The van der Waals surface area contributed by atoms with Crippen LogP contribution in [0, 0.1) is 0 Å². The van der Waals surface area contributed by atoms with Gasteiger partial charge in [0.15, 0.2) is 11.0 Å². The van der Waals surface area contributed by atoms with E-state index in [9.17, 15) is 9.59 Å². The van der Waals surface area contributed by atoms with E-state index in [1.165, 1.54) is 18.1 Å². The second kappa shape index (κ2) is 8.20. The van der Waals surface area contributed by atoms with Crippen molar-refractivity contribution in [2.24, 2.45) is 4.99 Å². The van der Waals surface area contributed by atoms with Gasteiger partial charge >= 0.3 is 5.97 Å². The largest absolute Gasteiger partial charge is 0.466 e. The summed E-state index contributed by atoms with van der Waals surface area (Å²) in [6, 6.07) is 12.9. The number of carbonyl (C=O) groups is 2. The molecule has 0 atom stereocenters. The van der Waals surface area contributed by atoms with E-state index in [-0.39, 0.29) is 10.8 Å². The number of amides is 1. The van der Waals surface area contributed by atoms with E-state index in [1.54, 1.807) is 30.1 Å². The number of hydrogen-bond acceptors (Lipinski definition) is 7. The highest BCUT2D eigenvalue weighted by Gasteiger charge is 2.35. The normalized spacial score (nSPS) is 17.2. The Labute approximate surface area is 159 Å². The van der Waals surface area contributed by atoms with Crippen molar-refractivity contribution in [3.63, 3.8) is 0 Å². The van der Waals surface area contributed by atoms with Crippen LogP contribution in [0.3, 0.4) is 0 Å². The molecule has 1 saturated heterocycles. The van der Waals surface area contributed by atoms with Crippen LogP contribution in [0.5, 0.6) is 0 Å².